The predicted molar refractivity (Wildman–Crippen MR) is 77.8 cm³/mol. The lowest BCUT2D eigenvalue weighted by molar-refractivity contribution is 0.178. The lowest BCUT2D eigenvalue weighted by Crippen LogP contribution is -2.10. The number of methoxy groups -OCH3 is 1. The van der Waals surface area contributed by atoms with Crippen molar-refractivity contribution in [1.82, 2.24) is 9.97 Å². The van der Waals surface area contributed by atoms with Gasteiger partial charge in [-0.05, 0) is 26.0 Å². The maximum atomic E-state index is 5.61. The van der Waals surface area contributed by atoms with E-state index in [1.807, 2.05) is 39.1 Å². The molecule has 1 unspecified atom stereocenters. The van der Waals surface area contributed by atoms with E-state index in [4.69, 9.17) is 9.15 Å². The smallest absolute Gasteiger partial charge is 0.158 e. The molecular weight excluding hydrogens is 256 g/mol. The molecule has 2 aromatic heterocycles. The summed E-state index contributed by atoms with van der Waals surface area (Å²) in [7, 11) is 3.44. The third-order valence-corrected chi connectivity index (χ3v) is 2.85. The van der Waals surface area contributed by atoms with Crippen LogP contribution in [-0.2, 0) is 11.3 Å². The maximum absolute atomic E-state index is 5.61. The average Bonchev–Trinajstić information content (AvgIpc) is 2.85. The van der Waals surface area contributed by atoms with Crippen LogP contribution in [0.15, 0.2) is 22.6 Å². The van der Waals surface area contributed by atoms with Gasteiger partial charge in [-0.25, -0.2) is 9.97 Å². The first-order valence-electron chi connectivity index (χ1n) is 6.50. The van der Waals surface area contributed by atoms with Gasteiger partial charge < -0.3 is 19.8 Å². The Bertz CT molecular complexity index is 568. The molecule has 0 spiro atoms. The quantitative estimate of drug-likeness (QED) is 0.845. The summed E-state index contributed by atoms with van der Waals surface area (Å²) >= 11 is 0. The zero-order valence-corrected chi connectivity index (χ0v) is 12.2. The van der Waals surface area contributed by atoms with E-state index in [1.165, 1.54) is 0 Å². The van der Waals surface area contributed by atoms with Gasteiger partial charge in [0.05, 0.1) is 6.04 Å². The average molecular weight is 276 g/mol. The van der Waals surface area contributed by atoms with E-state index in [1.54, 1.807) is 7.11 Å². The Morgan fingerprint density at radius 2 is 2.05 bits per heavy atom. The molecule has 1 atom stereocenters. The monoisotopic (exact) mass is 276 g/mol. The van der Waals surface area contributed by atoms with Gasteiger partial charge in [0, 0.05) is 20.2 Å². The van der Waals surface area contributed by atoms with E-state index in [2.05, 4.69) is 20.6 Å². The highest BCUT2D eigenvalue weighted by Gasteiger charge is 2.11. The van der Waals surface area contributed by atoms with Crippen molar-refractivity contribution in [1.29, 1.82) is 0 Å². The number of nitrogens with zero attached hydrogens (tertiary/aromatic N) is 2. The largest absolute Gasteiger partial charge is 0.464 e. The molecule has 2 rings (SSSR count). The summed E-state index contributed by atoms with van der Waals surface area (Å²) in [4.78, 5) is 8.73. The molecule has 0 saturated carbocycles. The normalized spacial score (nSPS) is 12.2. The van der Waals surface area contributed by atoms with Crippen LogP contribution in [-0.4, -0.2) is 24.1 Å². The Kier molecular flexibility index (Phi) is 4.57. The first kappa shape index (κ1) is 14.3. The summed E-state index contributed by atoms with van der Waals surface area (Å²) in [6.07, 6.45) is 0. The van der Waals surface area contributed by atoms with E-state index in [0.29, 0.717) is 12.4 Å². The van der Waals surface area contributed by atoms with Gasteiger partial charge in [0.2, 0.25) is 0 Å². The molecule has 2 aromatic rings. The molecule has 0 aliphatic heterocycles. The van der Waals surface area contributed by atoms with Crippen LogP contribution >= 0.6 is 0 Å². The van der Waals surface area contributed by atoms with Crippen LogP contribution in [0.3, 0.4) is 0 Å². The molecule has 0 bridgehead atoms. The summed E-state index contributed by atoms with van der Waals surface area (Å²) in [6, 6.07) is 5.79. The van der Waals surface area contributed by atoms with Gasteiger partial charge in [0.25, 0.3) is 0 Å². The number of ether oxygens (including phenoxy) is 1. The SMILES string of the molecule is CNc1cc(NC(C)c2ccc(C)o2)nc(COC)n1. The van der Waals surface area contributed by atoms with Crippen molar-refractivity contribution in [2.45, 2.75) is 26.5 Å². The highest BCUT2D eigenvalue weighted by Crippen LogP contribution is 2.21. The molecule has 2 heterocycles. The number of aryl methyl sites for hydroxylation is 1. The molecule has 20 heavy (non-hydrogen) atoms. The number of furan rings is 1. The molecule has 0 aliphatic carbocycles. The number of hydrogen-bond donors (Lipinski definition) is 2. The summed E-state index contributed by atoms with van der Waals surface area (Å²) in [6.45, 7) is 4.32. The third-order valence-electron chi connectivity index (χ3n) is 2.85. The van der Waals surface area contributed by atoms with Crippen LogP contribution in [0.25, 0.3) is 0 Å². The molecule has 108 valence electrons. The van der Waals surface area contributed by atoms with E-state index in [-0.39, 0.29) is 6.04 Å². The van der Waals surface area contributed by atoms with Gasteiger partial charge >= 0.3 is 0 Å². The van der Waals surface area contributed by atoms with Gasteiger partial charge in [0.15, 0.2) is 5.82 Å². The topological polar surface area (TPSA) is 72.2 Å². The number of aromatic nitrogens is 2. The lowest BCUT2D eigenvalue weighted by atomic mass is 10.2. The minimum Gasteiger partial charge on any atom is -0.464 e. The predicted octanol–water partition coefficient (Wildman–Crippen LogP) is 2.74. The molecule has 0 aromatic carbocycles. The van der Waals surface area contributed by atoms with Crippen LogP contribution in [0.1, 0.15) is 30.3 Å². The lowest BCUT2D eigenvalue weighted by Gasteiger charge is -2.14. The maximum Gasteiger partial charge on any atom is 0.158 e. The molecule has 6 nitrogen and oxygen atoms in total. The molecular formula is C14H20N4O2. The van der Waals surface area contributed by atoms with E-state index in [0.717, 1.165) is 23.2 Å². The Morgan fingerprint density at radius 3 is 2.65 bits per heavy atom. The van der Waals surface area contributed by atoms with E-state index >= 15 is 0 Å². The fourth-order valence-corrected chi connectivity index (χ4v) is 1.87. The minimum atomic E-state index is 0.0266. The molecule has 6 heteroatoms. The van der Waals surface area contributed by atoms with E-state index in [9.17, 15) is 0 Å². The minimum absolute atomic E-state index is 0.0266. The van der Waals surface area contributed by atoms with Crippen molar-refractivity contribution in [2.24, 2.45) is 0 Å². The molecule has 2 N–H and O–H groups in total. The van der Waals surface area contributed by atoms with Gasteiger partial charge in [-0.15, -0.1) is 0 Å². The highest BCUT2D eigenvalue weighted by atomic mass is 16.5. The second kappa shape index (κ2) is 6.38. The van der Waals surface area contributed by atoms with Crippen LogP contribution in [0.5, 0.6) is 0 Å². The van der Waals surface area contributed by atoms with Gasteiger partial charge in [0.1, 0.15) is 29.8 Å². The fourth-order valence-electron chi connectivity index (χ4n) is 1.87. The van der Waals surface area contributed by atoms with Gasteiger partial charge in [-0.3, -0.25) is 0 Å². The third kappa shape index (κ3) is 3.48. The molecule has 0 fully saturated rings. The van der Waals surface area contributed by atoms with Crippen LogP contribution in [0, 0.1) is 6.92 Å². The van der Waals surface area contributed by atoms with E-state index < -0.39 is 0 Å². The summed E-state index contributed by atoms with van der Waals surface area (Å²) in [5.41, 5.74) is 0. The fraction of sp³-hybridized carbons (Fsp3) is 0.429. The zero-order valence-electron chi connectivity index (χ0n) is 12.2. The first-order chi connectivity index (χ1) is 9.62. The number of nitrogens with one attached hydrogen (secondary N) is 2. The Labute approximate surface area is 118 Å². The molecule has 0 amide bonds. The van der Waals surface area contributed by atoms with Gasteiger partial charge in [-0.2, -0.15) is 0 Å². The highest BCUT2D eigenvalue weighted by molar-refractivity contribution is 5.48. The molecule has 0 radical (unpaired) electrons. The Balaban J connectivity index is 2.17. The second-order valence-corrected chi connectivity index (χ2v) is 4.55. The Hall–Kier alpha value is -2.08. The van der Waals surface area contributed by atoms with Crippen molar-refractivity contribution in [3.05, 3.63) is 35.5 Å². The van der Waals surface area contributed by atoms with Crippen molar-refractivity contribution < 1.29 is 9.15 Å². The Morgan fingerprint density at radius 1 is 1.30 bits per heavy atom. The van der Waals surface area contributed by atoms with Crippen LogP contribution in [0.4, 0.5) is 11.6 Å². The van der Waals surface area contributed by atoms with Crippen molar-refractivity contribution in [2.75, 3.05) is 24.8 Å². The number of rotatable bonds is 6. The van der Waals surface area contributed by atoms with Crippen molar-refractivity contribution >= 4 is 11.6 Å². The number of hydrogen-bond acceptors (Lipinski definition) is 6. The van der Waals surface area contributed by atoms with Crippen LogP contribution < -0.4 is 10.6 Å². The summed E-state index contributed by atoms with van der Waals surface area (Å²) < 4.78 is 10.7. The van der Waals surface area contributed by atoms with Crippen molar-refractivity contribution in [3.63, 3.8) is 0 Å². The van der Waals surface area contributed by atoms with Gasteiger partial charge in [-0.1, -0.05) is 0 Å². The standard InChI is InChI=1S/C14H20N4O2/c1-9-5-6-11(20-9)10(2)16-13-7-12(15-3)17-14(18-13)8-19-4/h5-7,10H,8H2,1-4H3,(H2,15,16,17,18). The number of anilines is 2. The summed E-state index contributed by atoms with van der Waals surface area (Å²) in [5.74, 6) is 3.88. The summed E-state index contributed by atoms with van der Waals surface area (Å²) in [5, 5.41) is 6.32. The second-order valence-electron chi connectivity index (χ2n) is 4.55. The molecule has 0 aliphatic rings. The van der Waals surface area contributed by atoms with Crippen molar-refractivity contribution in [3.8, 4) is 0 Å². The van der Waals surface area contributed by atoms with Crippen LogP contribution in [0.2, 0.25) is 0 Å². The zero-order chi connectivity index (χ0) is 14.5. The molecule has 0 saturated heterocycles. The first-order valence-corrected chi connectivity index (χ1v) is 6.50.